The molecule has 0 N–H and O–H groups in total. The zero-order chi connectivity index (χ0) is 24.9. The van der Waals surface area contributed by atoms with Gasteiger partial charge in [-0.3, -0.25) is 4.79 Å². The Bertz CT molecular complexity index is 1240. The molecule has 5 nitrogen and oxygen atoms in total. The first-order valence-corrected chi connectivity index (χ1v) is 12.2. The van der Waals surface area contributed by atoms with Crippen molar-refractivity contribution in [3.63, 3.8) is 0 Å². The third-order valence-corrected chi connectivity index (χ3v) is 6.29. The van der Waals surface area contributed by atoms with Crippen LogP contribution in [0.5, 0.6) is 11.5 Å². The lowest BCUT2D eigenvalue weighted by atomic mass is 10.0. The van der Waals surface area contributed by atoms with Crippen molar-refractivity contribution in [2.24, 2.45) is 0 Å². The molecule has 0 saturated heterocycles. The third kappa shape index (κ3) is 5.35. The summed E-state index contributed by atoms with van der Waals surface area (Å²) in [5, 5.41) is 0. The Morgan fingerprint density at radius 2 is 1.20 bits per heavy atom. The molecule has 1 unspecified atom stereocenters. The summed E-state index contributed by atoms with van der Waals surface area (Å²) in [6, 6.07) is 17.8. The zero-order valence-electron chi connectivity index (χ0n) is 20.4. The number of hydrogen-bond acceptors (Lipinski definition) is 5. The number of Topliss-reactive ketones (excluding diaryl/α,β-unsaturated/α-hetero) is 1. The van der Waals surface area contributed by atoms with Crippen LogP contribution < -0.4 is 9.47 Å². The van der Waals surface area contributed by atoms with Crippen molar-refractivity contribution in [1.29, 1.82) is 0 Å². The normalized spacial score (nSPS) is 14.5. The minimum Gasteiger partial charge on any atom is -0.423 e. The summed E-state index contributed by atoms with van der Waals surface area (Å²) < 4.78 is 11.4. The number of benzene rings is 3. The number of carbonyl (C=O) groups is 3. The Labute approximate surface area is 206 Å². The molecule has 0 heterocycles. The predicted octanol–water partition coefficient (Wildman–Crippen LogP) is 6.72. The van der Waals surface area contributed by atoms with Gasteiger partial charge in [0.25, 0.3) is 0 Å². The SMILES string of the molecule is CCCc1ccc(C(=O)Oc2ccc(OC(=O)c3ccc(CCC)cc3)c3c2C(=O)CC3C)cc1. The number of ether oxygens (including phenoxy) is 2. The molecule has 4 rings (SSSR count). The minimum absolute atomic E-state index is 0.129. The van der Waals surface area contributed by atoms with E-state index < -0.39 is 11.9 Å². The first-order chi connectivity index (χ1) is 16.9. The van der Waals surface area contributed by atoms with Gasteiger partial charge in [0.05, 0.1) is 16.7 Å². The molecule has 3 aromatic carbocycles. The summed E-state index contributed by atoms with van der Waals surface area (Å²) in [4.78, 5) is 38.4. The lowest BCUT2D eigenvalue weighted by Crippen LogP contribution is -2.13. The highest BCUT2D eigenvalue weighted by atomic mass is 16.5. The van der Waals surface area contributed by atoms with E-state index in [1.54, 1.807) is 30.3 Å². The molecule has 1 aliphatic rings. The summed E-state index contributed by atoms with van der Waals surface area (Å²) in [5.41, 5.74) is 4.10. The molecule has 0 spiro atoms. The Hall–Kier alpha value is -3.73. The summed E-state index contributed by atoms with van der Waals surface area (Å²) in [6.07, 6.45) is 4.22. The van der Waals surface area contributed by atoms with Crippen LogP contribution >= 0.6 is 0 Å². The quantitative estimate of drug-likeness (QED) is 0.270. The van der Waals surface area contributed by atoms with E-state index in [0.717, 1.165) is 36.8 Å². The van der Waals surface area contributed by atoms with Gasteiger partial charge in [0.2, 0.25) is 0 Å². The zero-order valence-corrected chi connectivity index (χ0v) is 20.4. The van der Waals surface area contributed by atoms with Crippen LogP contribution in [0.15, 0.2) is 60.7 Å². The molecular weight excluding hydrogens is 440 g/mol. The summed E-state index contributed by atoms with van der Waals surface area (Å²) >= 11 is 0. The van der Waals surface area contributed by atoms with Crippen LogP contribution in [0, 0.1) is 0 Å². The van der Waals surface area contributed by atoms with Gasteiger partial charge in [-0.15, -0.1) is 0 Å². The fraction of sp³-hybridized carbons (Fsp3) is 0.300. The number of ketones is 1. The highest BCUT2D eigenvalue weighted by molar-refractivity contribution is 6.06. The molecule has 3 aromatic rings. The lowest BCUT2D eigenvalue weighted by molar-refractivity contribution is 0.0716. The first kappa shape index (κ1) is 24.4. The second-order valence-corrected chi connectivity index (χ2v) is 9.05. The van der Waals surface area contributed by atoms with Crippen LogP contribution in [0.2, 0.25) is 0 Å². The molecule has 35 heavy (non-hydrogen) atoms. The molecule has 0 radical (unpaired) electrons. The van der Waals surface area contributed by atoms with E-state index in [9.17, 15) is 14.4 Å². The van der Waals surface area contributed by atoms with Crippen LogP contribution in [0.4, 0.5) is 0 Å². The Balaban J connectivity index is 1.57. The maximum absolute atomic E-state index is 12.8. The number of aryl methyl sites for hydroxylation is 2. The van der Waals surface area contributed by atoms with Crippen LogP contribution in [0.1, 0.15) is 93.7 Å². The molecule has 0 amide bonds. The van der Waals surface area contributed by atoms with Crippen molar-refractivity contribution in [1.82, 2.24) is 0 Å². The van der Waals surface area contributed by atoms with Gasteiger partial charge in [0, 0.05) is 12.0 Å². The van der Waals surface area contributed by atoms with Gasteiger partial charge in [-0.1, -0.05) is 57.9 Å². The maximum atomic E-state index is 12.8. The Kier molecular flexibility index (Phi) is 7.45. The molecule has 1 aliphatic carbocycles. The van der Waals surface area contributed by atoms with Gasteiger partial charge in [-0.05, 0) is 66.3 Å². The van der Waals surface area contributed by atoms with Crippen molar-refractivity contribution >= 4 is 17.7 Å². The van der Waals surface area contributed by atoms with E-state index in [-0.39, 0.29) is 23.9 Å². The fourth-order valence-corrected chi connectivity index (χ4v) is 4.52. The molecule has 5 heteroatoms. The van der Waals surface area contributed by atoms with Gasteiger partial charge in [0.15, 0.2) is 5.78 Å². The highest BCUT2D eigenvalue weighted by Crippen LogP contribution is 2.44. The third-order valence-electron chi connectivity index (χ3n) is 6.29. The lowest BCUT2D eigenvalue weighted by Gasteiger charge is -2.15. The van der Waals surface area contributed by atoms with E-state index in [0.29, 0.717) is 28.0 Å². The van der Waals surface area contributed by atoms with Gasteiger partial charge in [-0.25, -0.2) is 9.59 Å². The molecular formula is C30H30O5. The van der Waals surface area contributed by atoms with E-state index >= 15 is 0 Å². The Morgan fingerprint density at radius 3 is 1.69 bits per heavy atom. The second kappa shape index (κ2) is 10.7. The van der Waals surface area contributed by atoms with Gasteiger partial charge in [0.1, 0.15) is 11.5 Å². The van der Waals surface area contributed by atoms with E-state index in [4.69, 9.17) is 9.47 Å². The van der Waals surface area contributed by atoms with Gasteiger partial charge < -0.3 is 9.47 Å². The van der Waals surface area contributed by atoms with E-state index in [1.807, 2.05) is 31.2 Å². The predicted molar refractivity (Wildman–Crippen MR) is 135 cm³/mol. The van der Waals surface area contributed by atoms with Crippen molar-refractivity contribution in [3.8, 4) is 11.5 Å². The smallest absolute Gasteiger partial charge is 0.343 e. The number of fused-ring (bicyclic) bond motifs is 1. The van der Waals surface area contributed by atoms with Crippen molar-refractivity contribution in [2.45, 2.75) is 58.8 Å². The largest absolute Gasteiger partial charge is 0.423 e. The summed E-state index contributed by atoms with van der Waals surface area (Å²) in [5.74, 6) is -0.779. The summed E-state index contributed by atoms with van der Waals surface area (Å²) in [6.45, 7) is 6.11. The number of hydrogen-bond donors (Lipinski definition) is 0. The summed E-state index contributed by atoms with van der Waals surface area (Å²) in [7, 11) is 0. The van der Waals surface area contributed by atoms with Gasteiger partial charge >= 0.3 is 11.9 Å². The van der Waals surface area contributed by atoms with E-state index in [2.05, 4.69) is 13.8 Å². The first-order valence-electron chi connectivity index (χ1n) is 12.2. The van der Waals surface area contributed by atoms with Crippen LogP contribution in [0.3, 0.4) is 0 Å². The molecule has 0 aromatic heterocycles. The van der Waals surface area contributed by atoms with Crippen LogP contribution in [0.25, 0.3) is 0 Å². The molecule has 0 aliphatic heterocycles. The van der Waals surface area contributed by atoms with Gasteiger partial charge in [-0.2, -0.15) is 0 Å². The van der Waals surface area contributed by atoms with Crippen molar-refractivity contribution < 1.29 is 23.9 Å². The minimum atomic E-state index is -0.528. The topological polar surface area (TPSA) is 69.7 Å². The Morgan fingerprint density at radius 1 is 0.743 bits per heavy atom. The molecule has 1 atom stereocenters. The fourth-order valence-electron chi connectivity index (χ4n) is 4.52. The number of rotatable bonds is 8. The van der Waals surface area contributed by atoms with Crippen molar-refractivity contribution in [3.05, 3.63) is 94.0 Å². The molecule has 0 bridgehead atoms. The highest BCUT2D eigenvalue weighted by Gasteiger charge is 2.34. The standard InChI is InChI=1S/C30H30O5/c1-4-6-20-8-12-22(13-9-20)29(32)34-25-16-17-26(28-24(31)18-19(3)27(25)28)35-30(33)23-14-10-21(7-5-2)11-15-23/h8-17,19H,4-7,18H2,1-3H3. The van der Waals surface area contributed by atoms with Crippen LogP contribution in [-0.2, 0) is 12.8 Å². The van der Waals surface area contributed by atoms with Crippen LogP contribution in [-0.4, -0.2) is 17.7 Å². The van der Waals surface area contributed by atoms with E-state index in [1.165, 1.54) is 6.07 Å². The number of carbonyl (C=O) groups excluding carboxylic acids is 3. The molecule has 0 saturated carbocycles. The van der Waals surface area contributed by atoms with Crippen molar-refractivity contribution in [2.75, 3.05) is 0 Å². The maximum Gasteiger partial charge on any atom is 0.343 e. The monoisotopic (exact) mass is 470 g/mol. The molecule has 180 valence electrons. The number of esters is 2. The average Bonchev–Trinajstić information content (AvgIpc) is 3.16. The molecule has 0 fully saturated rings. The second-order valence-electron chi connectivity index (χ2n) is 9.05. The average molecular weight is 471 g/mol.